The lowest BCUT2D eigenvalue weighted by Crippen LogP contribution is -2.09. The SMILES string of the molecule is Clc1ccc(Br)cc1NC1=NCC(C2CC2)S1. The van der Waals surface area contributed by atoms with Gasteiger partial charge in [-0.3, -0.25) is 4.99 Å². The third-order valence-corrected chi connectivity index (χ3v) is 5.11. The van der Waals surface area contributed by atoms with Crippen molar-refractivity contribution in [1.82, 2.24) is 0 Å². The first-order valence-corrected chi connectivity index (χ1v) is 7.70. The topological polar surface area (TPSA) is 24.4 Å². The fourth-order valence-corrected chi connectivity index (χ4v) is 3.63. The van der Waals surface area contributed by atoms with Crippen LogP contribution in [-0.2, 0) is 0 Å². The molecule has 0 saturated heterocycles. The molecule has 0 bridgehead atoms. The van der Waals surface area contributed by atoms with Crippen LogP contribution in [0.4, 0.5) is 5.69 Å². The molecular weight excluding hydrogens is 320 g/mol. The van der Waals surface area contributed by atoms with Crippen LogP contribution in [0.3, 0.4) is 0 Å². The van der Waals surface area contributed by atoms with Gasteiger partial charge in [0.1, 0.15) is 0 Å². The van der Waals surface area contributed by atoms with Crippen molar-refractivity contribution >= 4 is 50.1 Å². The molecular formula is C12H12BrClN2S. The summed E-state index contributed by atoms with van der Waals surface area (Å²) >= 11 is 11.4. The third kappa shape index (κ3) is 2.80. The molecule has 1 fully saturated rings. The number of nitrogens with zero attached hydrogens (tertiary/aromatic N) is 1. The summed E-state index contributed by atoms with van der Waals surface area (Å²) in [5, 5.41) is 5.73. The van der Waals surface area contributed by atoms with Gasteiger partial charge in [0.05, 0.1) is 17.3 Å². The second kappa shape index (κ2) is 4.82. The molecule has 0 spiro atoms. The minimum absolute atomic E-state index is 0.684. The number of hydrogen-bond acceptors (Lipinski definition) is 3. The number of anilines is 1. The molecule has 1 aromatic rings. The van der Waals surface area contributed by atoms with Gasteiger partial charge in [0.2, 0.25) is 0 Å². The van der Waals surface area contributed by atoms with Crippen molar-refractivity contribution in [3.05, 3.63) is 27.7 Å². The maximum Gasteiger partial charge on any atom is 0.161 e. The van der Waals surface area contributed by atoms with Crippen LogP contribution < -0.4 is 5.32 Å². The Balaban J connectivity index is 1.68. The predicted molar refractivity (Wildman–Crippen MR) is 79.2 cm³/mol. The second-order valence-corrected chi connectivity index (χ2v) is 6.94. The van der Waals surface area contributed by atoms with Crippen LogP contribution in [0.1, 0.15) is 12.8 Å². The van der Waals surface area contributed by atoms with E-state index in [4.69, 9.17) is 11.6 Å². The minimum atomic E-state index is 0.684. The lowest BCUT2D eigenvalue weighted by atomic mass is 10.3. The fraction of sp³-hybridized carbons (Fsp3) is 0.417. The highest BCUT2D eigenvalue weighted by Crippen LogP contribution is 2.42. The molecule has 0 amide bonds. The Kier molecular flexibility index (Phi) is 3.37. The number of aliphatic imine (C=N–C) groups is 1. The zero-order chi connectivity index (χ0) is 11.8. The largest absolute Gasteiger partial charge is 0.334 e. The van der Waals surface area contributed by atoms with Gasteiger partial charge in [0.15, 0.2) is 5.17 Å². The van der Waals surface area contributed by atoms with E-state index in [0.29, 0.717) is 5.25 Å². The van der Waals surface area contributed by atoms with E-state index in [9.17, 15) is 0 Å². The Bertz CT molecular complexity index is 474. The number of hydrogen-bond donors (Lipinski definition) is 1. The lowest BCUT2D eigenvalue weighted by Gasteiger charge is -2.09. The first kappa shape index (κ1) is 11.9. The molecule has 5 heteroatoms. The summed E-state index contributed by atoms with van der Waals surface area (Å²) in [5.74, 6) is 0.890. The monoisotopic (exact) mass is 330 g/mol. The van der Waals surface area contributed by atoms with E-state index >= 15 is 0 Å². The van der Waals surface area contributed by atoms with Crippen LogP contribution in [0.2, 0.25) is 5.02 Å². The number of nitrogens with one attached hydrogen (secondary N) is 1. The summed E-state index contributed by atoms with van der Waals surface area (Å²) in [5.41, 5.74) is 0.920. The molecule has 2 aliphatic rings. The first-order chi connectivity index (χ1) is 8.22. The molecule has 2 nitrogen and oxygen atoms in total. The van der Waals surface area contributed by atoms with E-state index in [-0.39, 0.29) is 0 Å². The maximum atomic E-state index is 6.14. The molecule has 3 rings (SSSR count). The van der Waals surface area contributed by atoms with Crippen LogP contribution in [0, 0.1) is 5.92 Å². The second-order valence-electron chi connectivity index (χ2n) is 4.39. The number of rotatable bonds is 2. The molecule has 17 heavy (non-hydrogen) atoms. The summed E-state index contributed by atoms with van der Waals surface area (Å²) in [7, 11) is 0. The smallest absolute Gasteiger partial charge is 0.161 e. The molecule has 1 aliphatic carbocycles. The quantitative estimate of drug-likeness (QED) is 0.869. The van der Waals surface area contributed by atoms with Crippen molar-refractivity contribution in [1.29, 1.82) is 0 Å². The molecule has 1 saturated carbocycles. The normalized spacial score (nSPS) is 23.6. The average Bonchev–Trinajstić information content (AvgIpc) is 3.05. The maximum absolute atomic E-state index is 6.14. The molecule has 0 radical (unpaired) electrons. The van der Waals surface area contributed by atoms with Gasteiger partial charge in [-0.1, -0.05) is 39.3 Å². The van der Waals surface area contributed by atoms with Crippen LogP contribution in [0.5, 0.6) is 0 Å². The Hall–Kier alpha value is -0.190. The third-order valence-electron chi connectivity index (χ3n) is 3.00. The van der Waals surface area contributed by atoms with Crippen molar-refractivity contribution in [2.45, 2.75) is 18.1 Å². The standard InChI is InChI=1S/C12H12BrClN2S/c13-8-3-4-9(14)10(5-8)16-12-15-6-11(17-12)7-1-2-7/h3-5,7,11H,1-2,6H2,(H,15,16). The lowest BCUT2D eigenvalue weighted by molar-refractivity contribution is 0.773. The van der Waals surface area contributed by atoms with Gasteiger partial charge in [0, 0.05) is 9.72 Å². The summed E-state index contributed by atoms with van der Waals surface area (Å²) in [4.78, 5) is 4.54. The van der Waals surface area contributed by atoms with Gasteiger partial charge >= 0.3 is 0 Å². The van der Waals surface area contributed by atoms with Crippen LogP contribution in [0.15, 0.2) is 27.7 Å². The number of amidine groups is 1. The predicted octanol–water partition coefficient (Wildman–Crippen LogP) is 4.40. The highest BCUT2D eigenvalue weighted by atomic mass is 79.9. The molecule has 1 aliphatic heterocycles. The number of benzene rings is 1. The summed E-state index contributed by atoms with van der Waals surface area (Å²) < 4.78 is 1.02. The molecule has 90 valence electrons. The molecule has 1 heterocycles. The Morgan fingerprint density at radius 3 is 3.00 bits per heavy atom. The number of halogens is 2. The van der Waals surface area contributed by atoms with Gasteiger partial charge in [-0.2, -0.15) is 0 Å². The minimum Gasteiger partial charge on any atom is -0.334 e. The molecule has 1 N–H and O–H groups in total. The highest BCUT2D eigenvalue weighted by Gasteiger charge is 2.35. The highest BCUT2D eigenvalue weighted by molar-refractivity contribution is 9.10. The van der Waals surface area contributed by atoms with Gasteiger partial charge in [-0.25, -0.2) is 0 Å². The van der Waals surface area contributed by atoms with Crippen molar-refractivity contribution in [3.63, 3.8) is 0 Å². The van der Waals surface area contributed by atoms with E-state index in [1.807, 2.05) is 30.0 Å². The van der Waals surface area contributed by atoms with Crippen LogP contribution in [0.25, 0.3) is 0 Å². The molecule has 0 aromatic heterocycles. The van der Waals surface area contributed by atoms with Crippen molar-refractivity contribution in [3.8, 4) is 0 Å². The number of thioether (sulfide) groups is 1. The van der Waals surface area contributed by atoms with Gasteiger partial charge in [-0.05, 0) is 37.0 Å². The summed E-state index contributed by atoms with van der Waals surface area (Å²) in [6.45, 7) is 0.948. The van der Waals surface area contributed by atoms with Gasteiger partial charge < -0.3 is 5.32 Å². The fourth-order valence-electron chi connectivity index (χ4n) is 1.88. The van der Waals surface area contributed by atoms with Crippen LogP contribution >= 0.6 is 39.3 Å². The Labute approximate surface area is 118 Å². The summed E-state index contributed by atoms with van der Waals surface area (Å²) in [6.07, 6.45) is 2.75. The van der Waals surface area contributed by atoms with E-state index in [2.05, 4.69) is 26.2 Å². The van der Waals surface area contributed by atoms with Crippen LogP contribution in [-0.4, -0.2) is 17.0 Å². The van der Waals surface area contributed by atoms with Gasteiger partial charge in [0.25, 0.3) is 0 Å². The van der Waals surface area contributed by atoms with Crippen molar-refractivity contribution < 1.29 is 0 Å². The Morgan fingerprint density at radius 1 is 1.41 bits per heavy atom. The molecule has 1 aromatic carbocycles. The molecule has 1 unspecified atom stereocenters. The van der Waals surface area contributed by atoms with E-state index in [0.717, 1.165) is 32.8 Å². The van der Waals surface area contributed by atoms with E-state index in [1.54, 1.807) is 0 Å². The first-order valence-electron chi connectivity index (χ1n) is 5.65. The van der Waals surface area contributed by atoms with Gasteiger partial charge in [-0.15, -0.1) is 0 Å². The van der Waals surface area contributed by atoms with E-state index < -0.39 is 0 Å². The zero-order valence-corrected chi connectivity index (χ0v) is 12.3. The zero-order valence-electron chi connectivity index (χ0n) is 9.12. The average molecular weight is 332 g/mol. The Morgan fingerprint density at radius 2 is 2.24 bits per heavy atom. The summed E-state index contributed by atoms with van der Waals surface area (Å²) in [6, 6.07) is 5.80. The van der Waals surface area contributed by atoms with Crippen molar-refractivity contribution in [2.75, 3.05) is 11.9 Å². The van der Waals surface area contributed by atoms with E-state index in [1.165, 1.54) is 12.8 Å². The molecule has 1 atom stereocenters. The van der Waals surface area contributed by atoms with Crippen molar-refractivity contribution in [2.24, 2.45) is 10.9 Å².